The van der Waals surface area contributed by atoms with Gasteiger partial charge in [0, 0.05) is 30.5 Å². The van der Waals surface area contributed by atoms with Gasteiger partial charge in [-0.15, -0.1) is 11.3 Å². The van der Waals surface area contributed by atoms with Crippen molar-refractivity contribution in [2.24, 2.45) is 0 Å². The molecule has 1 rings (SSSR count). The molecule has 0 aliphatic rings. The van der Waals surface area contributed by atoms with E-state index in [1.54, 1.807) is 18.4 Å². The summed E-state index contributed by atoms with van der Waals surface area (Å²) in [6.07, 6.45) is 0.852. The molecule has 4 heteroatoms. The van der Waals surface area contributed by atoms with Gasteiger partial charge in [0.15, 0.2) is 0 Å². The number of methoxy groups -OCH3 is 1. The molecular weight excluding hydrogens is 210 g/mol. The summed E-state index contributed by atoms with van der Waals surface area (Å²) in [6.45, 7) is 5.36. The van der Waals surface area contributed by atoms with Gasteiger partial charge in [-0.2, -0.15) is 0 Å². The number of rotatable bonds is 5. The summed E-state index contributed by atoms with van der Waals surface area (Å²) in [6, 6.07) is 0. The Bertz CT molecular complexity index is 333. The quantitative estimate of drug-likeness (QED) is 0.783. The molecule has 1 amide bonds. The van der Waals surface area contributed by atoms with Gasteiger partial charge in [0.25, 0.3) is 5.91 Å². The van der Waals surface area contributed by atoms with Gasteiger partial charge in [0.1, 0.15) is 0 Å². The number of nitrogens with one attached hydrogen (secondary N) is 1. The van der Waals surface area contributed by atoms with Crippen molar-refractivity contribution in [1.29, 1.82) is 0 Å². The minimum atomic E-state index is 0.0213. The monoisotopic (exact) mass is 227 g/mol. The molecule has 0 unspecified atom stereocenters. The minimum Gasteiger partial charge on any atom is -0.385 e. The van der Waals surface area contributed by atoms with Crippen molar-refractivity contribution in [2.45, 2.75) is 20.3 Å². The fraction of sp³-hybridized carbons (Fsp3) is 0.545. The Morgan fingerprint density at radius 1 is 1.53 bits per heavy atom. The third-order valence-electron chi connectivity index (χ3n) is 2.34. The second kappa shape index (κ2) is 5.88. The van der Waals surface area contributed by atoms with Crippen LogP contribution in [0.2, 0.25) is 0 Å². The molecule has 1 N–H and O–H groups in total. The zero-order valence-electron chi connectivity index (χ0n) is 9.42. The van der Waals surface area contributed by atoms with Crippen LogP contribution in [0.5, 0.6) is 0 Å². The number of thiophene rings is 1. The molecule has 0 saturated heterocycles. The molecule has 0 atom stereocenters. The molecule has 0 aromatic carbocycles. The van der Waals surface area contributed by atoms with Crippen molar-refractivity contribution in [3.63, 3.8) is 0 Å². The van der Waals surface area contributed by atoms with Crippen LogP contribution in [0.25, 0.3) is 0 Å². The van der Waals surface area contributed by atoms with Gasteiger partial charge >= 0.3 is 0 Å². The first-order valence-electron chi connectivity index (χ1n) is 4.98. The fourth-order valence-corrected chi connectivity index (χ4v) is 2.12. The van der Waals surface area contributed by atoms with E-state index in [-0.39, 0.29) is 5.91 Å². The average Bonchev–Trinajstić information content (AvgIpc) is 2.55. The van der Waals surface area contributed by atoms with Gasteiger partial charge in [0.05, 0.1) is 5.56 Å². The van der Waals surface area contributed by atoms with Crippen LogP contribution in [0.15, 0.2) is 5.38 Å². The second-order valence-electron chi connectivity index (χ2n) is 3.43. The van der Waals surface area contributed by atoms with Crippen molar-refractivity contribution in [2.75, 3.05) is 20.3 Å². The maximum atomic E-state index is 11.7. The highest BCUT2D eigenvalue weighted by Gasteiger charge is 2.11. The molecule has 1 aromatic heterocycles. The van der Waals surface area contributed by atoms with E-state index < -0.39 is 0 Å². The molecule has 3 nitrogen and oxygen atoms in total. The molecule has 1 heterocycles. The van der Waals surface area contributed by atoms with Crippen molar-refractivity contribution >= 4 is 17.2 Å². The van der Waals surface area contributed by atoms with Crippen LogP contribution in [0.1, 0.15) is 27.2 Å². The Kier molecular flexibility index (Phi) is 4.78. The normalized spacial score (nSPS) is 10.3. The van der Waals surface area contributed by atoms with E-state index in [4.69, 9.17) is 4.74 Å². The van der Waals surface area contributed by atoms with Gasteiger partial charge in [-0.05, 0) is 25.8 Å². The molecule has 84 valence electrons. The van der Waals surface area contributed by atoms with Crippen LogP contribution >= 0.6 is 11.3 Å². The summed E-state index contributed by atoms with van der Waals surface area (Å²) >= 11 is 1.62. The number of ether oxygens (including phenoxy) is 1. The first-order valence-corrected chi connectivity index (χ1v) is 5.86. The highest BCUT2D eigenvalue weighted by molar-refractivity contribution is 7.10. The molecule has 15 heavy (non-hydrogen) atoms. The predicted molar refractivity (Wildman–Crippen MR) is 62.6 cm³/mol. The molecule has 0 spiro atoms. The molecular formula is C11H17NO2S. The Balaban J connectivity index is 2.44. The molecule has 0 aliphatic heterocycles. The zero-order chi connectivity index (χ0) is 11.3. The molecule has 0 fully saturated rings. The third-order valence-corrected chi connectivity index (χ3v) is 3.35. The molecule has 1 aromatic rings. The van der Waals surface area contributed by atoms with E-state index in [1.807, 2.05) is 19.2 Å². The molecule has 0 bridgehead atoms. The smallest absolute Gasteiger partial charge is 0.252 e. The first kappa shape index (κ1) is 12.2. The Morgan fingerprint density at radius 3 is 2.80 bits per heavy atom. The van der Waals surface area contributed by atoms with Gasteiger partial charge in [-0.1, -0.05) is 0 Å². The Morgan fingerprint density at radius 2 is 2.27 bits per heavy atom. The average molecular weight is 227 g/mol. The Labute approximate surface area is 94.5 Å². The van der Waals surface area contributed by atoms with E-state index in [0.29, 0.717) is 13.2 Å². The minimum absolute atomic E-state index is 0.0213. The maximum Gasteiger partial charge on any atom is 0.252 e. The van der Waals surface area contributed by atoms with Crippen molar-refractivity contribution in [3.05, 3.63) is 21.4 Å². The largest absolute Gasteiger partial charge is 0.385 e. The summed E-state index contributed by atoms with van der Waals surface area (Å²) in [7, 11) is 1.66. The van der Waals surface area contributed by atoms with Crippen molar-refractivity contribution < 1.29 is 9.53 Å². The number of hydrogen-bond acceptors (Lipinski definition) is 3. The standard InChI is InChI=1S/C11H17NO2S/c1-8-9(2)15-7-10(8)11(13)12-5-4-6-14-3/h7H,4-6H2,1-3H3,(H,12,13). The van der Waals surface area contributed by atoms with Gasteiger partial charge in [0.2, 0.25) is 0 Å². The molecule has 0 radical (unpaired) electrons. The lowest BCUT2D eigenvalue weighted by atomic mass is 10.1. The Hall–Kier alpha value is -0.870. The van der Waals surface area contributed by atoms with Crippen LogP contribution in [-0.2, 0) is 4.74 Å². The molecule has 0 aliphatic carbocycles. The van der Waals surface area contributed by atoms with Crippen LogP contribution in [-0.4, -0.2) is 26.2 Å². The number of aryl methyl sites for hydroxylation is 1. The summed E-state index contributed by atoms with van der Waals surface area (Å²) in [5.74, 6) is 0.0213. The van der Waals surface area contributed by atoms with Gasteiger partial charge in [-0.25, -0.2) is 0 Å². The highest BCUT2D eigenvalue weighted by atomic mass is 32.1. The van der Waals surface area contributed by atoms with Crippen molar-refractivity contribution in [3.8, 4) is 0 Å². The maximum absolute atomic E-state index is 11.7. The number of hydrogen-bond donors (Lipinski definition) is 1. The predicted octanol–water partition coefficient (Wildman–Crippen LogP) is 2.13. The van der Waals surface area contributed by atoms with Gasteiger partial charge in [-0.3, -0.25) is 4.79 Å². The van der Waals surface area contributed by atoms with E-state index >= 15 is 0 Å². The number of carbonyl (C=O) groups is 1. The summed E-state index contributed by atoms with van der Waals surface area (Å²) in [4.78, 5) is 12.9. The van der Waals surface area contributed by atoms with E-state index in [2.05, 4.69) is 5.32 Å². The fourth-order valence-electron chi connectivity index (χ4n) is 1.25. The van der Waals surface area contributed by atoms with Crippen LogP contribution in [0.3, 0.4) is 0 Å². The van der Waals surface area contributed by atoms with Crippen LogP contribution < -0.4 is 5.32 Å². The highest BCUT2D eigenvalue weighted by Crippen LogP contribution is 2.20. The summed E-state index contributed by atoms with van der Waals surface area (Å²) in [5, 5.41) is 4.79. The van der Waals surface area contributed by atoms with Crippen LogP contribution in [0, 0.1) is 13.8 Å². The topological polar surface area (TPSA) is 38.3 Å². The van der Waals surface area contributed by atoms with E-state index in [0.717, 1.165) is 17.5 Å². The third kappa shape index (κ3) is 3.32. The van der Waals surface area contributed by atoms with Crippen LogP contribution in [0.4, 0.5) is 0 Å². The lowest BCUT2D eigenvalue weighted by Gasteiger charge is -2.04. The number of carbonyl (C=O) groups excluding carboxylic acids is 1. The van der Waals surface area contributed by atoms with Gasteiger partial charge < -0.3 is 10.1 Å². The SMILES string of the molecule is COCCCNC(=O)c1csc(C)c1C. The summed E-state index contributed by atoms with van der Waals surface area (Å²) < 4.78 is 4.91. The van der Waals surface area contributed by atoms with E-state index in [1.165, 1.54) is 4.88 Å². The lowest BCUT2D eigenvalue weighted by molar-refractivity contribution is 0.0948. The summed E-state index contributed by atoms with van der Waals surface area (Å²) in [5.41, 5.74) is 1.89. The second-order valence-corrected chi connectivity index (χ2v) is 4.52. The first-order chi connectivity index (χ1) is 7.16. The van der Waals surface area contributed by atoms with Crippen molar-refractivity contribution in [1.82, 2.24) is 5.32 Å². The molecule has 0 saturated carbocycles. The lowest BCUT2D eigenvalue weighted by Crippen LogP contribution is -2.25. The van der Waals surface area contributed by atoms with E-state index in [9.17, 15) is 4.79 Å². The number of amides is 1. The zero-order valence-corrected chi connectivity index (χ0v) is 10.2.